The van der Waals surface area contributed by atoms with Crippen molar-refractivity contribution in [1.29, 1.82) is 0 Å². The molecule has 0 saturated carbocycles. The van der Waals surface area contributed by atoms with E-state index in [-0.39, 0.29) is 0 Å². The number of aliphatic carboxylic acids is 1. The molecule has 21 heavy (non-hydrogen) atoms. The molecule has 0 aliphatic carbocycles. The summed E-state index contributed by atoms with van der Waals surface area (Å²) in [6.07, 6.45) is 3.20. The molecule has 2 rings (SSSR count). The fraction of sp³-hybridized carbons (Fsp3) is 0.692. The standard InChI is InChI=1S/C13H20F2N4O2/c1-2-10(12(20)21)18-7-5-17(6-8-18)9-11-16-3-4-19(11)13(14)15/h3-4,10,13H,2,5-9H2,1H3,(H,20,21)/t10-/m0/s1. The highest BCUT2D eigenvalue weighted by molar-refractivity contribution is 5.73. The average Bonchev–Trinajstić information content (AvgIpc) is 2.89. The smallest absolute Gasteiger partial charge is 0.320 e. The first kappa shape index (κ1) is 15.8. The monoisotopic (exact) mass is 302 g/mol. The van der Waals surface area contributed by atoms with Gasteiger partial charge in [-0.15, -0.1) is 0 Å². The highest BCUT2D eigenvalue weighted by Gasteiger charge is 2.27. The van der Waals surface area contributed by atoms with Crippen molar-refractivity contribution in [1.82, 2.24) is 19.4 Å². The fourth-order valence-electron chi connectivity index (χ4n) is 2.67. The van der Waals surface area contributed by atoms with Crippen LogP contribution in [-0.4, -0.2) is 62.6 Å². The summed E-state index contributed by atoms with van der Waals surface area (Å²) in [6.45, 7) is 2.18. The van der Waals surface area contributed by atoms with Gasteiger partial charge in [0.2, 0.25) is 0 Å². The molecule has 0 spiro atoms. The molecule has 118 valence electrons. The van der Waals surface area contributed by atoms with E-state index < -0.39 is 18.6 Å². The lowest BCUT2D eigenvalue weighted by Gasteiger charge is -2.37. The number of hydrogen-bond acceptors (Lipinski definition) is 4. The van der Waals surface area contributed by atoms with E-state index in [2.05, 4.69) is 4.98 Å². The van der Waals surface area contributed by atoms with Gasteiger partial charge < -0.3 is 5.11 Å². The topological polar surface area (TPSA) is 61.6 Å². The second-order valence-corrected chi connectivity index (χ2v) is 5.10. The van der Waals surface area contributed by atoms with Crippen LogP contribution in [0.25, 0.3) is 0 Å². The molecule has 0 amide bonds. The molecule has 1 saturated heterocycles. The number of carbonyl (C=O) groups is 1. The number of aromatic nitrogens is 2. The Morgan fingerprint density at radius 1 is 1.38 bits per heavy atom. The summed E-state index contributed by atoms with van der Waals surface area (Å²) < 4.78 is 26.4. The van der Waals surface area contributed by atoms with E-state index in [1.807, 2.05) is 16.7 Å². The third-order valence-corrected chi connectivity index (χ3v) is 3.84. The van der Waals surface area contributed by atoms with Crippen LogP contribution in [0.1, 0.15) is 25.7 Å². The molecule has 0 bridgehead atoms. The second kappa shape index (κ2) is 6.95. The van der Waals surface area contributed by atoms with Crippen LogP contribution in [-0.2, 0) is 11.3 Å². The lowest BCUT2D eigenvalue weighted by molar-refractivity contribution is -0.144. The minimum absolute atomic E-state index is 0.337. The molecule has 1 aromatic heterocycles. The summed E-state index contributed by atoms with van der Waals surface area (Å²) >= 11 is 0. The third kappa shape index (κ3) is 3.76. The largest absolute Gasteiger partial charge is 0.480 e. The number of alkyl halides is 2. The lowest BCUT2D eigenvalue weighted by atomic mass is 10.1. The Labute approximate surface area is 122 Å². The van der Waals surface area contributed by atoms with Crippen LogP contribution in [0.5, 0.6) is 0 Å². The summed E-state index contributed by atoms with van der Waals surface area (Å²) in [5.74, 6) is -0.470. The quantitative estimate of drug-likeness (QED) is 0.857. The number of nitrogens with zero attached hydrogens (tertiary/aromatic N) is 4. The van der Waals surface area contributed by atoms with Gasteiger partial charge in [0, 0.05) is 38.6 Å². The molecular weight excluding hydrogens is 282 g/mol. The molecule has 1 atom stereocenters. The van der Waals surface area contributed by atoms with Crippen molar-refractivity contribution in [3.8, 4) is 0 Å². The minimum Gasteiger partial charge on any atom is -0.480 e. The highest BCUT2D eigenvalue weighted by Crippen LogP contribution is 2.16. The van der Waals surface area contributed by atoms with Gasteiger partial charge in [0.05, 0.1) is 6.54 Å². The summed E-state index contributed by atoms with van der Waals surface area (Å²) in [6, 6.07) is -0.463. The highest BCUT2D eigenvalue weighted by atomic mass is 19.3. The molecule has 0 unspecified atom stereocenters. The van der Waals surface area contributed by atoms with Gasteiger partial charge in [-0.25, -0.2) is 4.98 Å². The first-order chi connectivity index (χ1) is 10.0. The Kier molecular flexibility index (Phi) is 5.24. The number of carboxylic acids is 1. The zero-order valence-electron chi connectivity index (χ0n) is 12.0. The van der Waals surface area contributed by atoms with Crippen molar-refractivity contribution >= 4 is 5.97 Å². The van der Waals surface area contributed by atoms with Crippen molar-refractivity contribution in [3.05, 3.63) is 18.2 Å². The van der Waals surface area contributed by atoms with Gasteiger partial charge in [0.15, 0.2) is 0 Å². The Bertz CT molecular complexity index is 472. The molecule has 0 aromatic carbocycles. The summed E-state index contributed by atoms with van der Waals surface area (Å²) in [5, 5.41) is 9.14. The van der Waals surface area contributed by atoms with Crippen LogP contribution in [0.2, 0.25) is 0 Å². The van der Waals surface area contributed by atoms with Crippen LogP contribution in [0.15, 0.2) is 12.4 Å². The van der Waals surface area contributed by atoms with Gasteiger partial charge in [-0.2, -0.15) is 8.78 Å². The van der Waals surface area contributed by atoms with E-state index in [0.29, 0.717) is 45.0 Å². The number of hydrogen-bond donors (Lipinski definition) is 1. The molecule has 1 aromatic rings. The number of piperazine rings is 1. The van der Waals surface area contributed by atoms with Crippen LogP contribution in [0, 0.1) is 0 Å². The van der Waals surface area contributed by atoms with E-state index in [1.54, 1.807) is 0 Å². The van der Waals surface area contributed by atoms with Gasteiger partial charge in [0.25, 0.3) is 0 Å². The zero-order valence-corrected chi connectivity index (χ0v) is 12.0. The molecule has 1 fully saturated rings. The van der Waals surface area contributed by atoms with Crippen molar-refractivity contribution in [2.24, 2.45) is 0 Å². The predicted molar refractivity (Wildman–Crippen MR) is 72.0 cm³/mol. The molecular formula is C13H20F2N4O2. The first-order valence-electron chi connectivity index (χ1n) is 7.02. The van der Waals surface area contributed by atoms with Gasteiger partial charge in [0.1, 0.15) is 11.9 Å². The van der Waals surface area contributed by atoms with Crippen molar-refractivity contribution < 1.29 is 18.7 Å². The van der Waals surface area contributed by atoms with E-state index in [9.17, 15) is 13.6 Å². The second-order valence-electron chi connectivity index (χ2n) is 5.10. The van der Waals surface area contributed by atoms with Gasteiger partial charge >= 0.3 is 12.5 Å². The maximum absolute atomic E-state index is 12.7. The van der Waals surface area contributed by atoms with E-state index in [0.717, 1.165) is 4.57 Å². The minimum atomic E-state index is -2.58. The molecule has 2 heterocycles. The number of halogens is 2. The lowest BCUT2D eigenvalue weighted by Crippen LogP contribution is -2.52. The molecule has 1 N–H and O–H groups in total. The Hall–Kier alpha value is -1.54. The Morgan fingerprint density at radius 2 is 2.05 bits per heavy atom. The van der Waals surface area contributed by atoms with E-state index in [4.69, 9.17) is 5.11 Å². The van der Waals surface area contributed by atoms with Crippen molar-refractivity contribution in [3.63, 3.8) is 0 Å². The van der Waals surface area contributed by atoms with Crippen molar-refractivity contribution in [2.75, 3.05) is 26.2 Å². The zero-order chi connectivity index (χ0) is 15.4. The maximum atomic E-state index is 12.7. The van der Waals surface area contributed by atoms with Crippen LogP contribution >= 0.6 is 0 Å². The SMILES string of the molecule is CC[C@@H](C(=O)O)N1CCN(Cc2nccn2C(F)F)CC1. The summed E-state index contributed by atoms with van der Waals surface area (Å²) in [7, 11) is 0. The molecule has 1 aliphatic heterocycles. The Balaban J connectivity index is 1.89. The summed E-state index contributed by atoms with van der Waals surface area (Å²) in [4.78, 5) is 19.0. The average molecular weight is 302 g/mol. The maximum Gasteiger partial charge on any atom is 0.320 e. The van der Waals surface area contributed by atoms with Gasteiger partial charge in [-0.1, -0.05) is 6.92 Å². The Morgan fingerprint density at radius 3 is 2.57 bits per heavy atom. The van der Waals surface area contributed by atoms with Crippen LogP contribution < -0.4 is 0 Å². The van der Waals surface area contributed by atoms with Crippen LogP contribution in [0.4, 0.5) is 8.78 Å². The molecule has 6 nitrogen and oxygen atoms in total. The number of imidazole rings is 1. The number of carboxylic acid groups (broad SMARTS) is 1. The molecule has 1 aliphatic rings. The normalized spacial score (nSPS) is 19.0. The number of rotatable bonds is 6. The molecule has 0 radical (unpaired) electrons. The van der Waals surface area contributed by atoms with Gasteiger partial charge in [-0.3, -0.25) is 19.2 Å². The van der Waals surface area contributed by atoms with E-state index in [1.165, 1.54) is 12.4 Å². The van der Waals surface area contributed by atoms with Crippen molar-refractivity contribution in [2.45, 2.75) is 32.5 Å². The third-order valence-electron chi connectivity index (χ3n) is 3.84. The van der Waals surface area contributed by atoms with Crippen LogP contribution in [0.3, 0.4) is 0 Å². The fourth-order valence-corrected chi connectivity index (χ4v) is 2.67. The first-order valence-corrected chi connectivity index (χ1v) is 7.02. The predicted octanol–water partition coefficient (Wildman–Crippen LogP) is 1.26. The van der Waals surface area contributed by atoms with Gasteiger partial charge in [-0.05, 0) is 6.42 Å². The molecule has 8 heteroatoms. The summed E-state index contributed by atoms with van der Waals surface area (Å²) in [5.41, 5.74) is 0. The van der Waals surface area contributed by atoms with E-state index >= 15 is 0 Å².